The van der Waals surface area contributed by atoms with Crippen LogP contribution in [-0.4, -0.2) is 60.3 Å². The van der Waals surface area contributed by atoms with Crippen LogP contribution in [0.2, 0.25) is 0 Å². The minimum Gasteiger partial charge on any atom is -0.444 e. The number of hydrogen-bond donors (Lipinski definition) is 1. The lowest BCUT2D eigenvalue weighted by molar-refractivity contribution is 0.0159. The highest BCUT2D eigenvalue weighted by Gasteiger charge is 2.29. The van der Waals surface area contributed by atoms with E-state index in [-0.39, 0.29) is 12.1 Å². The Balaban J connectivity index is 2.54. The number of carbonyl (C=O) groups is 1. The number of hydrogen-bond acceptors (Lipinski definition) is 4. The minimum absolute atomic E-state index is 0.161. The molecule has 1 atom stereocenters. The average molecular weight is 285 g/mol. The molecule has 2 N–H and O–H groups in total. The molecular formula is C15H31N3O2. The molecule has 1 aliphatic heterocycles. The molecule has 0 aliphatic carbocycles. The third-order valence-corrected chi connectivity index (χ3v) is 3.52. The maximum absolute atomic E-state index is 12.3. The van der Waals surface area contributed by atoms with Crippen LogP contribution in [-0.2, 0) is 4.74 Å². The Bertz CT molecular complexity index is 313. The second-order valence-corrected chi connectivity index (χ2v) is 6.97. The van der Waals surface area contributed by atoms with Crippen molar-refractivity contribution >= 4 is 6.09 Å². The molecule has 118 valence electrons. The molecule has 1 heterocycles. The first kappa shape index (κ1) is 17.2. The first-order valence-electron chi connectivity index (χ1n) is 7.65. The zero-order valence-corrected chi connectivity index (χ0v) is 13.7. The Morgan fingerprint density at radius 2 is 2.10 bits per heavy atom. The average Bonchev–Trinajstić information content (AvgIpc) is 2.71. The molecule has 1 aliphatic rings. The van der Waals surface area contributed by atoms with Crippen molar-refractivity contribution in [2.24, 2.45) is 11.7 Å². The fraction of sp³-hybridized carbons (Fsp3) is 0.933. The van der Waals surface area contributed by atoms with Gasteiger partial charge in [-0.15, -0.1) is 0 Å². The Morgan fingerprint density at radius 1 is 1.45 bits per heavy atom. The summed E-state index contributed by atoms with van der Waals surface area (Å²) in [4.78, 5) is 16.5. The van der Waals surface area contributed by atoms with Crippen LogP contribution in [0.5, 0.6) is 0 Å². The molecule has 0 aromatic rings. The third-order valence-electron chi connectivity index (χ3n) is 3.52. The summed E-state index contributed by atoms with van der Waals surface area (Å²) >= 11 is 0. The highest BCUT2D eigenvalue weighted by Crippen LogP contribution is 2.20. The van der Waals surface area contributed by atoms with E-state index in [2.05, 4.69) is 4.90 Å². The monoisotopic (exact) mass is 285 g/mol. The van der Waals surface area contributed by atoms with Crippen molar-refractivity contribution in [3.8, 4) is 0 Å². The van der Waals surface area contributed by atoms with Crippen molar-refractivity contribution in [1.82, 2.24) is 9.80 Å². The predicted octanol–water partition coefficient (Wildman–Crippen LogP) is 1.91. The molecule has 0 spiro atoms. The largest absolute Gasteiger partial charge is 0.444 e. The Morgan fingerprint density at radius 3 is 2.60 bits per heavy atom. The van der Waals surface area contributed by atoms with Crippen molar-refractivity contribution < 1.29 is 9.53 Å². The molecule has 0 bridgehead atoms. The van der Waals surface area contributed by atoms with Gasteiger partial charge in [0.2, 0.25) is 0 Å². The van der Waals surface area contributed by atoms with Gasteiger partial charge in [-0.2, -0.15) is 0 Å². The molecule has 0 saturated carbocycles. The number of ether oxygens (including phenoxy) is 1. The van der Waals surface area contributed by atoms with Gasteiger partial charge in [0.1, 0.15) is 5.60 Å². The van der Waals surface area contributed by atoms with Gasteiger partial charge in [0.25, 0.3) is 0 Å². The number of rotatable bonds is 5. The number of nitrogens with two attached hydrogens (primary N) is 1. The summed E-state index contributed by atoms with van der Waals surface area (Å²) in [7, 11) is 0. The van der Waals surface area contributed by atoms with E-state index in [1.807, 2.05) is 39.5 Å². The molecule has 5 nitrogen and oxygen atoms in total. The zero-order chi connectivity index (χ0) is 15.3. The van der Waals surface area contributed by atoms with Crippen molar-refractivity contribution in [2.45, 2.75) is 52.7 Å². The Labute approximate surface area is 123 Å². The molecule has 0 aromatic heterocycles. The molecule has 0 unspecified atom stereocenters. The summed E-state index contributed by atoms with van der Waals surface area (Å²) in [5, 5.41) is 0. The lowest BCUT2D eigenvalue weighted by Crippen LogP contribution is -2.44. The quantitative estimate of drug-likeness (QED) is 0.838. The second kappa shape index (κ2) is 7.27. The molecule has 1 amide bonds. The number of nitrogens with zero attached hydrogens (tertiary/aromatic N) is 2. The SMILES string of the molecule is CC(C)N(C[C@@H]1CCN(CCN)C1)C(=O)OC(C)(C)C. The summed E-state index contributed by atoms with van der Waals surface area (Å²) in [5.41, 5.74) is 5.16. The summed E-state index contributed by atoms with van der Waals surface area (Å²) in [6.07, 6.45) is 0.927. The Kier molecular flexibility index (Phi) is 6.27. The van der Waals surface area contributed by atoms with Gasteiger partial charge in [0, 0.05) is 32.2 Å². The van der Waals surface area contributed by atoms with E-state index in [4.69, 9.17) is 10.5 Å². The van der Waals surface area contributed by atoms with E-state index in [9.17, 15) is 4.79 Å². The van der Waals surface area contributed by atoms with Crippen LogP contribution < -0.4 is 5.73 Å². The smallest absolute Gasteiger partial charge is 0.410 e. The van der Waals surface area contributed by atoms with E-state index >= 15 is 0 Å². The molecule has 1 rings (SSSR count). The van der Waals surface area contributed by atoms with Gasteiger partial charge in [-0.25, -0.2) is 4.79 Å². The standard InChI is InChI=1S/C15H31N3O2/c1-12(2)18(14(19)20-15(3,4)5)11-13-6-8-17(10-13)9-7-16/h12-13H,6-11,16H2,1-5H3/t13-/m1/s1. The fourth-order valence-corrected chi connectivity index (χ4v) is 2.54. The van der Waals surface area contributed by atoms with Crippen LogP contribution in [0.25, 0.3) is 0 Å². The van der Waals surface area contributed by atoms with Gasteiger partial charge < -0.3 is 20.3 Å². The number of amides is 1. The zero-order valence-electron chi connectivity index (χ0n) is 13.7. The molecule has 5 heteroatoms. The predicted molar refractivity (Wildman–Crippen MR) is 81.7 cm³/mol. The molecule has 20 heavy (non-hydrogen) atoms. The summed E-state index contributed by atoms with van der Waals surface area (Å²) in [6, 6.07) is 0.161. The van der Waals surface area contributed by atoms with Crippen LogP contribution >= 0.6 is 0 Å². The second-order valence-electron chi connectivity index (χ2n) is 6.97. The normalized spacial score (nSPS) is 20.4. The topological polar surface area (TPSA) is 58.8 Å². The molecule has 1 fully saturated rings. The summed E-state index contributed by atoms with van der Waals surface area (Å²) < 4.78 is 5.50. The van der Waals surface area contributed by atoms with Crippen LogP contribution in [0.3, 0.4) is 0 Å². The first-order valence-corrected chi connectivity index (χ1v) is 7.65. The van der Waals surface area contributed by atoms with E-state index in [0.717, 1.165) is 32.6 Å². The van der Waals surface area contributed by atoms with Gasteiger partial charge in [-0.05, 0) is 53.5 Å². The van der Waals surface area contributed by atoms with E-state index in [1.54, 1.807) is 0 Å². The van der Waals surface area contributed by atoms with E-state index < -0.39 is 5.60 Å². The maximum atomic E-state index is 12.3. The van der Waals surface area contributed by atoms with E-state index in [1.165, 1.54) is 0 Å². The minimum atomic E-state index is -0.439. The molecule has 0 aromatic carbocycles. The van der Waals surface area contributed by atoms with Crippen molar-refractivity contribution in [3.05, 3.63) is 0 Å². The summed E-state index contributed by atoms with van der Waals surface area (Å²) in [6.45, 7) is 14.3. The van der Waals surface area contributed by atoms with Gasteiger partial charge in [0.15, 0.2) is 0 Å². The summed E-state index contributed by atoms with van der Waals surface area (Å²) in [5.74, 6) is 0.525. The van der Waals surface area contributed by atoms with Gasteiger partial charge in [0.05, 0.1) is 0 Å². The van der Waals surface area contributed by atoms with Crippen LogP contribution in [0.15, 0.2) is 0 Å². The maximum Gasteiger partial charge on any atom is 0.410 e. The lowest BCUT2D eigenvalue weighted by atomic mass is 10.1. The Hall–Kier alpha value is -0.810. The van der Waals surface area contributed by atoms with Gasteiger partial charge in [-0.3, -0.25) is 0 Å². The number of carbonyl (C=O) groups excluding carboxylic acids is 1. The number of likely N-dealkylation sites (tertiary alicyclic amines) is 1. The highest BCUT2D eigenvalue weighted by atomic mass is 16.6. The highest BCUT2D eigenvalue weighted by molar-refractivity contribution is 5.68. The van der Waals surface area contributed by atoms with Crippen LogP contribution in [0.1, 0.15) is 41.0 Å². The van der Waals surface area contributed by atoms with Crippen molar-refractivity contribution in [3.63, 3.8) is 0 Å². The first-order chi connectivity index (χ1) is 9.23. The van der Waals surface area contributed by atoms with Crippen LogP contribution in [0.4, 0.5) is 4.79 Å². The van der Waals surface area contributed by atoms with Crippen molar-refractivity contribution in [1.29, 1.82) is 0 Å². The van der Waals surface area contributed by atoms with E-state index in [0.29, 0.717) is 12.5 Å². The van der Waals surface area contributed by atoms with Crippen molar-refractivity contribution in [2.75, 3.05) is 32.7 Å². The third kappa shape index (κ3) is 5.67. The molecule has 1 saturated heterocycles. The molecule has 0 radical (unpaired) electrons. The fourth-order valence-electron chi connectivity index (χ4n) is 2.54. The lowest BCUT2D eigenvalue weighted by Gasteiger charge is -2.32. The molecular weight excluding hydrogens is 254 g/mol. The van der Waals surface area contributed by atoms with Gasteiger partial charge in [-0.1, -0.05) is 0 Å². The van der Waals surface area contributed by atoms with Crippen LogP contribution in [0, 0.1) is 5.92 Å². The van der Waals surface area contributed by atoms with Gasteiger partial charge >= 0.3 is 6.09 Å².